The molecule has 0 aliphatic heterocycles. The highest BCUT2D eigenvalue weighted by molar-refractivity contribution is 6.31. The topological polar surface area (TPSA) is 69.6 Å². The largest absolute Gasteiger partial charge is 0.493 e. The number of aromatic nitrogens is 1. The number of amides is 1. The molecule has 1 aromatic heterocycles. The minimum Gasteiger partial charge on any atom is -0.493 e. The number of anilines is 1. The van der Waals surface area contributed by atoms with Gasteiger partial charge in [0.15, 0.2) is 11.6 Å². The summed E-state index contributed by atoms with van der Waals surface area (Å²) in [6, 6.07) is 12.5. The van der Waals surface area contributed by atoms with Crippen molar-refractivity contribution in [2.24, 2.45) is 7.05 Å². The molecule has 1 amide bonds. The predicted octanol–water partition coefficient (Wildman–Crippen LogP) is 6.50. The molecule has 4 aromatic rings. The van der Waals surface area contributed by atoms with E-state index in [4.69, 9.17) is 21.1 Å². The summed E-state index contributed by atoms with van der Waals surface area (Å²) >= 11 is 6.08. The summed E-state index contributed by atoms with van der Waals surface area (Å²) in [6.45, 7) is 2.01. The zero-order valence-corrected chi connectivity index (χ0v) is 21.1. The summed E-state index contributed by atoms with van der Waals surface area (Å²) < 4.78 is 54.2. The van der Waals surface area contributed by atoms with E-state index in [1.54, 1.807) is 20.0 Å². The molecule has 0 saturated heterocycles. The number of nitrogens with zero attached hydrogens (tertiary/aromatic N) is 1. The highest BCUT2D eigenvalue weighted by Gasteiger charge is 2.18. The van der Waals surface area contributed by atoms with E-state index in [9.17, 15) is 22.8 Å². The Hall–Kier alpha value is -4.24. The molecule has 0 radical (unpaired) electrons. The molecule has 0 spiro atoms. The highest BCUT2D eigenvalue weighted by atomic mass is 35.5. The molecular formula is C28H22ClF3N2O4. The van der Waals surface area contributed by atoms with Gasteiger partial charge in [0.2, 0.25) is 5.91 Å². The number of carbonyl (C=O) groups excluding carboxylic acids is 1. The third-order valence-electron chi connectivity index (χ3n) is 5.52. The fourth-order valence-corrected chi connectivity index (χ4v) is 3.91. The summed E-state index contributed by atoms with van der Waals surface area (Å²) in [6.07, 6.45) is 1.34. The molecule has 0 fully saturated rings. The maximum Gasteiger partial charge on any atom is 0.254 e. The third-order valence-corrected chi connectivity index (χ3v) is 5.89. The number of halogens is 4. The van der Waals surface area contributed by atoms with Crippen LogP contribution in [0.25, 0.3) is 11.1 Å². The smallest absolute Gasteiger partial charge is 0.254 e. The Morgan fingerprint density at radius 1 is 0.921 bits per heavy atom. The minimum absolute atomic E-state index is 0.154. The van der Waals surface area contributed by atoms with Crippen LogP contribution in [0, 0.1) is 17.5 Å². The van der Waals surface area contributed by atoms with Crippen molar-refractivity contribution >= 4 is 23.2 Å². The van der Waals surface area contributed by atoms with Crippen molar-refractivity contribution in [1.29, 1.82) is 0 Å². The third kappa shape index (κ3) is 6.18. The second kappa shape index (κ2) is 11.4. The predicted molar refractivity (Wildman–Crippen MR) is 138 cm³/mol. The lowest BCUT2D eigenvalue weighted by molar-refractivity contribution is -0.115. The molecule has 6 nitrogen and oxygen atoms in total. The van der Waals surface area contributed by atoms with Crippen LogP contribution in [0.4, 0.5) is 18.9 Å². The number of hydrogen-bond donors (Lipinski definition) is 1. The molecule has 1 N–H and O–H groups in total. The van der Waals surface area contributed by atoms with E-state index in [1.165, 1.54) is 47.2 Å². The SMILES string of the molecule is CCOc1cc(=O)n(C)cc1-c1cc(NC(=O)Cc2cc(F)ccc2Cl)ccc1Oc1ccc(F)cc1F. The van der Waals surface area contributed by atoms with Gasteiger partial charge in [-0.25, -0.2) is 13.2 Å². The Kier molecular flexibility index (Phi) is 8.07. The van der Waals surface area contributed by atoms with Gasteiger partial charge in [-0.2, -0.15) is 0 Å². The number of pyridine rings is 1. The van der Waals surface area contributed by atoms with E-state index >= 15 is 0 Å². The Morgan fingerprint density at radius 2 is 1.63 bits per heavy atom. The molecule has 196 valence electrons. The molecule has 0 saturated carbocycles. The van der Waals surface area contributed by atoms with E-state index < -0.39 is 23.4 Å². The van der Waals surface area contributed by atoms with E-state index in [2.05, 4.69) is 5.32 Å². The van der Waals surface area contributed by atoms with Gasteiger partial charge in [-0.05, 0) is 61.0 Å². The standard InChI is InChI=1S/C28H22ClF3N2O4/c1-3-37-26-14-28(36)34(2)15-21(26)20-13-19(33-27(35)11-16-10-17(30)4-7-22(16)29)6-9-24(20)38-25-8-5-18(31)12-23(25)32/h4-10,12-15H,3,11H2,1-2H3,(H,33,35). The Balaban J connectivity index is 1.75. The van der Waals surface area contributed by atoms with Gasteiger partial charge < -0.3 is 19.4 Å². The van der Waals surface area contributed by atoms with Crippen LogP contribution >= 0.6 is 11.6 Å². The Morgan fingerprint density at radius 3 is 2.37 bits per heavy atom. The van der Waals surface area contributed by atoms with Crippen molar-refractivity contribution in [3.8, 4) is 28.4 Å². The average Bonchev–Trinajstić information content (AvgIpc) is 2.86. The quantitative estimate of drug-likeness (QED) is 0.276. The van der Waals surface area contributed by atoms with Crippen molar-refractivity contribution in [2.45, 2.75) is 13.3 Å². The van der Waals surface area contributed by atoms with Gasteiger partial charge in [-0.15, -0.1) is 0 Å². The molecule has 4 rings (SSSR count). The summed E-state index contributed by atoms with van der Waals surface area (Å²) in [4.78, 5) is 25.0. The van der Waals surface area contributed by atoms with Gasteiger partial charge in [0.05, 0.1) is 13.0 Å². The van der Waals surface area contributed by atoms with Crippen LogP contribution in [-0.4, -0.2) is 17.1 Å². The number of carbonyl (C=O) groups is 1. The number of nitrogens with one attached hydrogen (secondary N) is 1. The molecule has 0 bridgehead atoms. The second-order valence-corrected chi connectivity index (χ2v) is 8.69. The fourth-order valence-electron chi connectivity index (χ4n) is 3.73. The van der Waals surface area contributed by atoms with Gasteiger partial charge in [-0.1, -0.05) is 11.6 Å². The van der Waals surface area contributed by atoms with Crippen LogP contribution < -0.4 is 20.3 Å². The van der Waals surface area contributed by atoms with E-state index in [-0.39, 0.29) is 40.9 Å². The number of benzene rings is 3. The molecule has 38 heavy (non-hydrogen) atoms. The van der Waals surface area contributed by atoms with Gasteiger partial charge in [0.25, 0.3) is 5.56 Å². The molecule has 3 aromatic carbocycles. The maximum atomic E-state index is 14.4. The molecule has 0 unspecified atom stereocenters. The molecule has 0 aliphatic carbocycles. The van der Waals surface area contributed by atoms with E-state index in [1.807, 2.05) is 0 Å². The zero-order valence-electron chi connectivity index (χ0n) is 20.4. The van der Waals surface area contributed by atoms with E-state index in [0.717, 1.165) is 12.1 Å². The van der Waals surface area contributed by atoms with Crippen LogP contribution in [-0.2, 0) is 18.3 Å². The highest BCUT2D eigenvalue weighted by Crippen LogP contribution is 2.40. The lowest BCUT2D eigenvalue weighted by Gasteiger charge is -2.17. The molecule has 1 heterocycles. The summed E-state index contributed by atoms with van der Waals surface area (Å²) in [5.41, 5.74) is 1.11. The lowest BCUT2D eigenvalue weighted by Crippen LogP contribution is -2.16. The number of aryl methyl sites for hydroxylation is 1. The van der Waals surface area contributed by atoms with Crippen LogP contribution in [0.2, 0.25) is 5.02 Å². The summed E-state index contributed by atoms with van der Waals surface area (Å²) in [5.74, 6) is -2.49. The average molecular weight is 543 g/mol. The Bertz CT molecular complexity index is 1570. The second-order valence-electron chi connectivity index (χ2n) is 8.28. The van der Waals surface area contributed by atoms with Crippen LogP contribution in [0.15, 0.2) is 71.7 Å². The molecule has 10 heteroatoms. The number of rotatable bonds is 8. The zero-order chi connectivity index (χ0) is 27.4. The van der Waals surface area contributed by atoms with Gasteiger partial charge in [-0.3, -0.25) is 9.59 Å². The normalized spacial score (nSPS) is 10.8. The first-order chi connectivity index (χ1) is 18.1. The first-order valence-electron chi connectivity index (χ1n) is 11.5. The van der Waals surface area contributed by atoms with Gasteiger partial charge in [0.1, 0.15) is 23.1 Å². The van der Waals surface area contributed by atoms with E-state index in [0.29, 0.717) is 28.4 Å². The molecule has 0 aliphatic rings. The minimum atomic E-state index is -0.911. The molecular weight excluding hydrogens is 521 g/mol. The van der Waals surface area contributed by atoms with Crippen molar-refractivity contribution in [2.75, 3.05) is 11.9 Å². The lowest BCUT2D eigenvalue weighted by atomic mass is 10.0. The Labute approximate surface area is 221 Å². The van der Waals surface area contributed by atoms with Crippen LogP contribution in [0.3, 0.4) is 0 Å². The first-order valence-corrected chi connectivity index (χ1v) is 11.9. The van der Waals surface area contributed by atoms with Gasteiger partial charge >= 0.3 is 0 Å². The first kappa shape index (κ1) is 26.8. The monoisotopic (exact) mass is 542 g/mol. The summed E-state index contributed by atoms with van der Waals surface area (Å²) in [7, 11) is 1.55. The number of hydrogen-bond acceptors (Lipinski definition) is 4. The maximum absolute atomic E-state index is 14.4. The van der Waals surface area contributed by atoms with Crippen molar-refractivity contribution in [3.63, 3.8) is 0 Å². The molecule has 0 atom stereocenters. The van der Waals surface area contributed by atoms with Crippen LogP contribution in [0.1, 0.15) is 12.5 Å². The van der Waals surface area contributed by atoms with Crippen molar-refractivity contribution in [1.82, 2.24) is 4.57 Å². The van der Waals surface area contributed by atoms with Crippen LogP contribution in [0.5, 0.6) is 17.2 Å². The van der Waals surface area contributed by atoms with Gasteiger partial charge in [0, 0.05) is 47.2 Å². The van der Waals surface area contributed by atoms with Crippen molar-refractivity contribution < 1.29 is 27.4 Å². The number of ether oxygens (including phenoxy) is 2. The fraction of sp³-hybridized carbons (Fsp3) is 0.143. The van der Waals surface area contributed by atoms with Crippen molar-refractivity contribution in [3.05, 3.63) is 105 Å². The summed E-state index contributed by atoms with van der Waals surface area (Å²) in [5, 5.41) is 2.98.